The summed E-state index contributed by atoms with van der Waals surface area (Å²) in [5.74, 6) is -0.465. The lowest BCUT2D eigenvalue weighted by Crippen LogP contribution is -2.23. The molecule has 0 bridgehead atoms. The fourth-order valence-electron chi connectivity index (χ4n) is 1.92. The second-order valence-electron chi connectivity index (χ2n) is 4.53. The summed E-state index contributed by atoms with van der Waals surface area (Å²) in [7, 11) is 0. The fraction of sp³-hybridized carbons (Fsp3) is 0.571. The van der Waals surface area contributed by atoms with Crippen LogP contribution in [0.25, 0.3) is 0 Å². The highest BCUT2D eigenvalue weighted by Crippen LogP contribution is 2.25. The average Bonchev–Trinajstić information content (AvgIpc) is 2.28. The summed E-state index contributed by atoms with van der Waals surface area (Å²) in [5, 5.41) is 3.26. The van der Waals surface area contributed by atoms with E-state index in [2.05, 4.69) is 19.2 Å². The van der Waals surface area contributed by atoms with Crippen LogP contribution in [-0.4, -0.2) is 6.54 Å². The molecule has 1 aromatic carbocycles. The lowest BCUT2D eigenvalue weighted by atomic mass is 9.94. The molecule has 0 aliphatic heterocycles. The monoisotopic (exact) mass is 241 g/mol. The fourth-order valence-corrected chi connectivity index (χ4v) is 1.92. The van der Waals surface area contributed by atoms with E-state index in [1.54, 1.807) is 6.07 Å². The largest absolute Gasteiger partial charge is 0.310 e. The molecule has 1 aromatic rings. The summed E-state index contributed by atoms with van der Waals surface area (Å²) >= 11 is 0. The van der Waals surface area contributed by atoms with Crippen LogP contribution < -0.4 is 5.32 Å². The molecule has 0 saturated heterocycles. The number of benzene rings is 1. The third-order valence-electron chi connectivity index (χ3n) is 3.12. The molecule has 0 amide bonds. The summed E-state index contributed by atoms with van der Waals surface area (Å²) in [5.41, 5.74) is 0.563. The SMILES string of the molecule is CCNC(CC(C)CC)c1ccc(F)cc1F. The summed E-state index contributed by atoms with van der Waals surface area (Å²) in [6, 6.07) is 3.78. The van der Waals surface area contributed by atoms with Crippen LogP contribution in [0, 0.1) is 17.6 Å². The molecular weight excluding hydrogens is 220 g/mol. The van der Waals surface area contributed by atoms with Gasteiger partial charge in [-0.25, -0.2) is 8.78 Å². The second kappa shape index (κ2) is 6.70. The molecule has 96 valence electrons. The molecule has 0 aromatic heterocycles. The van der Waals surface area contributed by atoms with E-state index in [0.29, 0.717) is 11.5 Å². The van der Waals surface area contributed by atoms with Crippen molar-refractivity contribution in [2.45, 2.75) is 39.7 Å². The minimum Gasteiger partial charge on any atom is -0.310 e. The molecule has 0 saturated carbocycles. The Morgan fingerprint density at radius 3 is 2.47 bits per heavy atom. The lowest BCUT2D eigenvalue weighted by Gasteiger charge is -2.22. The molecule has 2 atom stereocenters. The van der Waals surface area contributed by atoms with Gasteiger partial charge in [-0.05, 0) is 24.9 Å². The maximum atomic E-state index is 13.7. The molecule has 0 radical (unpaired) electrons. The minimum atomic E-state index is -0.523. The van der Waals surface area contributed by atoms with Gasteiger partial charge in [0.15, 0.2) is 0 Å². The zero-order valence-electron chi connectivity index (χ0n) is 10.8. The summed E-state index contributed by atoms with van der Waals surface area (Å²) in [6.07, 6.45) is 1.93. The van der Waals surface area contributed by atoms with Crippen LogP contribution in [-0.2, 0) is 0 Å². The topological polar surface area (TPSA) is 12.0 Å². The van der Waals surface area contributed by atoms with E-state index in [0.717, 1.165) is 25.5 Å². The van der Waals surface area contributed by atoms with Crippen molar-refractivity contribution in [3.63, 3.8) is 0 Å². The molecule has 1 nitrogen and oxygen atoms in total. The number of halogens is 2. The van der Waals surface area contributed by atoms with Crippen molar-refractivity contribution < 1.29 is 8.78 Å². The van der Waals surface area contributed by atoms with Crippen LogP contribution in [0.3, 0.4) is 0 Å². The Kier molecular flexibility index (Phi) is 5.56. The van der Waals surface area contributed by atoms with E-state index in [1.807, 2.05) is 6.92 Å². The number of hydrogen-bond acceptors (Lipinski definition) is 1. The van der Waals surface area contributed by atoms with Crippen molar-refractivity contribution >= 4 is 0 Å². The van der Waals surface area contributed by atoms with E-state index in [9.17, 15) is 8.78 Å². The predicted molar refractivity (Wildman–Crippen MR) is 66.8 cm³/mol. The Bertz CT molecular complexity index is 352. The molecule has 17 heavy (non-hydrogen) atoms. The summed E-state index contributed by atoms with van der Waals surface area (Å²) in [6.45, 7) is 7.03. The molecular formula is C14H21F2N. The van der Waals surface area contributed by atoms with Crippen molar-refractivity contribution in [2.75, 3.05) is 6.54 Å². The van der Waals surface area contributed by atoms with Crippen LogP contribution in [0.4, 0.5) is 8.78 Å². The highest BCUT2D eigenvalue weighted by atomic mass is 19.1. The Morgan fingerprint density at radius 1 is 1.24 bits per heavy atom. The van der Waals surface area contributed by atoms with Gasteiger partial charge in [0.2, 0.25) is 0 Å². The first kappa shape index (κ1) is 14.1. The van der Waals surface area contributed by atoms with E-state index in [-0.39, 0.29) is 6.04 Å². The zero-order chi connectivity index (χ0) is 12.8. The Balaban J connectivity index is 2.88. The third kappa shape index (κ3) is 4.08. The quantitative estimate of drug-likeness (QED) is 0.792. The average molecular weight is 241 g/mol. The summed E-state index contributed by atoms with van der Waals surface area (Å²) in [4.78, 5) is 0. The van der Waals surface area contributed by atoms with Crippen LogP contribution in [0.15, 0.2) is 18.2 Å². The smallest absolute Gasteiger partial charge is 0.130 e. The minimum absolute atomic E-state index is 0.0319. The normalized spacial score (nSPS) is 14.6. The van der Waals surface area contributed by atoms with Gasteiger partial charge in [-0.15, -0.1) is 0 Å². The van der Waals surface area contributed by atoms with Crippen molar-refractivity contribution in [1.29, 1.82) is 0 Å². The molecule has 0 aliphatic rings. The van der Waals surface area contributed by atoms with Crippen molar-refractivity contribution in [2.24, 2.45) is 5.92 Å². The van der Waals surface area contributed by atoms with Crippen LogP contribution in [0.1, 0.15) is 45.2 Å². The van der Waals surface area contributed by atoms with Gasteiger partial charge < -0.3 is 5.32 Å². The van der Waals surface area contributed by atoms with E-state index >= 15 is 0 Å². The Labute approximate surface area is 102 Å². The molecule has 0 fully saturated rings. The van der Waals surface area contributed by atoms with E-state index in [1.165, 1.54) is 6.07 Å². The maximum absolute atomic E-state index is 13.7. The zero-order valence-corrected chi connectivity index (χ0v) is 10.8. The van der Waals surface area contributed by atoms with Crippen LogP contribution in [0.2, 0.25) is 0 Å². The molecule has 0 heterocycles. The van der Waals surface area contributed by atoms with E-state index < -0.39 is 11.6 Å². The molecule has 2 unspecified atom stereocenters. The molecule has 1 N–H and O–H groups in total. The van der Waals surface area contributed by atoms with Gasteiger partial charge in [0.25, 0.3) is 0 Å². The van der Waals surface area contributed by atoms with Gasteiger partial charge in [0, 0.05) is 17.7 Å². The van der Waals surface area contributed by atoms with Gasteiger partial charge in [-0.2, -0.15) is 0 Å². The molecule has 1 rings (SSSR count). The number of rotatable bonds is 6. The summed E-state index contributed by atoms with van der Waals surface area (Å²) < 4.78 is 26.6. The van der Waals surface area contributed by atoms with Crippen molar-refractivity contribution in [3.8, 4) is 0 Å². The van der Waals surface area contributed by atoms with E-state index in [4.69, 9.17) is 0 Å². The maximum Gasteiger partial charge on any atom is 0.130 e. The van der Waals surface area contributed by atoms with Crippen molar-refractivity contribution in [1.82, 2.24) is 5.32 Å². The van der Waals surface area contributed by atoms with Gasteiger partial charge in [0.1, 0.15) is 11.6 Å². The highest BCUT2D eigenvalue weighted by molar-refractivity contribution is 5.22. The Morgan fingerprint density at radius 2 is 1.94 bits per heavy atom. The first-order chi connectivity index (χ1) is 8.08. The standard InChI is InChI=1S/C14H21F2N/c1-4-10(3)8-14(17-5-2)12-7-6-11(15)9-13(12)16/h6-7,9-10,14,17H,4-5,8H2,1-3H3. The first-order valence-electron chi connectivity index (χ1n) is 6.26. The van der Waals surface area contributed by atoms with Gasteiger partial charge >= 0.3 is 0 Å². The predicted octanol–water partition coefficient (Wildman–Crippen LogP) is 4.05. The highest BCUT2D eigenvalue weighted by Gasteiger charge is 2.17. The number of hydrogen-bond donors (Lipinski definition) is 1. The van der Waals surface area contributed by atoms with Crippen LogP contribution >= 0.6 is 0 Å². The third-order valence-corrected chi connectivity index (χ3v) is 3.12. The van der Waals surface area contributed by atoms with Gasteiger partial charge in [-0.1, -0.05) is 33.3 Å². The molecule has 0 aliphatic carbocycles. The van der Waals surface area contributed by atoms with Crippen molar-refractivity contribution in [3.05, 3.63) is 35.4 Å². The first-order valence-corrected chi connectivity index (χ1v) is 6.26. The Hall–Kier alpha value is -0.960. The lowest BCUT2D eigenvalue weighted by molar-refractivity contribution is 0.396. The van der Waals surface area contributed by atoms with Gasteiger partial charge in [0.05, 0.1) is 0 Å². The molecule has 3 heteroatoms. The molecule has 0 spiro atoms. The number of nitrogens with one attached hydrogen (secondary N) is 1. The van der Waals surface area contributed by atoms with Gasteiger partial charge in [-0.3, -0.25) is 0 Å². The van der Waals surface area contributed by atoms with Crippen LogP contribution in [0.5, 0.6) is 0 Å². The second-order valence-corrected chi connectivity index (χ2v) is 4.53.